The Balaban J connectivity index is 1.86. The molecule has 0 atom stereocenters. The van der Waals surface area contributed by atoms with Crippen LogP contribution >= 0.6 is 22.6 Å². The zero-order valence-electron chi connectivity index (χ0n) is 14.3. The fourth-order valence-electron chi connectivity index (χ4n) is 2.05. The molecule has 0 bridgehead atoms. The molecule has 0 aliphatic heterocycles. The summed E-state index contributed by atoms with van der Waals surface area (Å²) < 4.78 is 11.2. The Kier molecular flexibility index (Phi) is 7.39. The molecule has 7 nitrogen and oxygen atoms in total. The Bertz CT molecular complexity index is 824. The number of amides is 2. The molecule has 26 heavy (non-hydrogen) atoms. The molecule has 0 fully saturated rings. The lowest BCUT2D eigenvalue weighted by molar-refractivity contribution is -0.120. The normalized spacial score (nSPS) is 10.4. The van der Waals surface area contributed by atoms with E-state index in [9.17, 15) is 9.59 Å². The second-order valence-electron chi connectivity index (χ2n) is 5.07. The number of hydrogen-bond acceptors (Lipinski definition) is 5. The number of benzene rings is 2. The topological polar surface area (TPSA) is 89.0 Å². The molecule has 2 N–H and O–H groups in total. The van der Waals surface area contributed by atoms with Crippen LogP contribution in [0.2, 0.25) is 0 Å². The van der Waals surface area contributed by atoms with Gasteiger partial charge in [0.05, 0.1) is 32.5 Å². The number of hydrazone groups is 1. The molecule has 0 saturated heterocycles. The van der Waals surface area contributed by atoms with Crippen molar-refractivity contribution >= 4 is 40.6 Å². The van der Waals surface area contributed by atoms with E-state index in [1.165, 1.54) is 13.3 Å². The van der Waals surface area contributed by atoms with Crippen molar-refractivity contribution in [1.82, 2.24) is 10.7 Å². The minimum Gasteiger partial charge on any atom is -0.493 e. The van der Waals surface area contributed by atoms with Gasteiger partial charge in [-0.05, 0) is 58.5 Å². The lowest BCUT2D eigenvalue weighted by atomic mass is 10.2. The third kappa shape index (κ3) is 5.45. The van der Waals surface area contributed by atoms with Gasteiger partial charge in [0.1, 0.15) is 0 Å². The summed E-state index contributed by atoms with van der Waals surface area (Å²) in [5.74, 6) is 0.425. The molecular weight excluding hydrogens is 449 g/mol. The lowest BCUT2D eigenvalue weighted by Gasteiger charge is -2.07. The van der Waals surface area contributed by atoms with Crippen LogP contribution in [0.4, 0.5) is 0 Å². The highest BCUT2D eigenvalue weighted by Gasteiger charge is 2.10. The Hall–Kier alpha value is -2.62. The van der Waals surface area contributed by atoms with E-state index in [1.807, 2.05) is 12.1 Å². The minimum atomic E-state index is -0.430. The van der Waals surface area contributed by atoms with E-state index in [0.717, 1.165) is 9.13 Å². The van der Waals surface area contributed by atoms with E-state index in [-0.39, 0.29) is 12.5 Å². The molecule has 136 valence electrons. The summed E-state index contributed by atoms with van der Waals surface area (Å²) in [5.41, 5.74) is 3.61. The summed E-state index contributed by atoms with van der Waals surface area (Å²) >= 11 is 2.07. The molecule has 8 heteroatoms. The second kappa shape index (κ2) is 9.76. The van der Waals surface area contributed by atoms with Gasteiger partial charge < -0.3 is 14.8 Å². The second-order valence-corrected chi connectivity index (χ2v) is 6.23. The van der Waals surface area contributed by atoms with Crippen molar-refractivity contribution in [3.8, 4) is 11.5 Å². The predicted octanol–water partition coefficient (Wildman–Crippen LogP) is 2.19. The first-order chi connectivity index (χ1) is 12.5. The van der Waals surface area contributed by atoms with Crippen molar-refractivity contribution in [2.75, 3.05) is 20.8 Å². The van der Waals surface area contributed by atoms with E-state index in [4.69, 9.17) is 9.47 Å². The van der Waals surface area contributed by atoms with E-state index in [1.54, 1.807) is 37.4 Å². The van der Waals surface area contributed by atoms with E-state index in [2.05, 4.69) is 38.4 Å². The largest absolute Gasteiger partial charge is 0.493 e. The lowest BCUT2D eigenvalue weighted by Crippen LogP contribution is -2.35. The van der Waals surface area contributed by atoms with E-state index >= 15 is 0 Å². The monoisotopic (exact) mass is 467 g/mol. The molecule has 2 aromatic carbocycles. The van der Waals surface area contributed by atoms with Gasteiger partial charge in [-0.25, -0.2) is 5.43 Å². The van der Waals surface area contributed by atoms with Crippen LogP contribution in [0.1, 0.15) is 15.9 Å². The highest BCUT2D eigenvalue weighted by atomic mass is 127. The molecule has 2 rings (SSSR count). The number of nitrogens with zero attached hydrogens (tertiary/aromatic N) is 1. The smallest absolute Gasteiger partial charge is 0.259 e. The van der Waals surface area contributed by atoms with Crippen molar-refractivity contribution in [3.63, 3.8) is 0 Å². The number of rotatable bonds is 7. The summed E-state index contributed by atoms with van der Waals surface area (Å²) in [4.78, 5) is 23.8. The number of carbonyl (C=O) groups excluding carboxylic acids is 2. The van der Waals surface area contributed by atoms with Crippen LogP contribution in [-0.4, -0.2) is 38.8 Å². The van der Waals surface area contributed by atoms with Crippen molar-refractivity contribution in [2.24, 2.45) is 5.10 Å². The number of methoxy groups -OCH3 is 2. The minimum absolute atomic E-state index is 0.174. The van der Waals surface area contributed by atoms with E-state index < -0.39 is 5.91 Å². The first kappa shape index (κ1) is 19.7. The molecule has 0 unspecified atom stereocenters. The maximum atomic E-state index is 12.0. The molecule has 0 radical (unpaired) electrons. The van der Waals surface area contributed by atoms with Crippen LogP contribution < -0.4 is 20.2 Å². The standard InChI is InChI=1S/C18H18IN3O4/c1-25-15-8-7-12(9-16(15)26-2)10-21-22-17(23)11-20-18(24)13-5-3-4-6-14(13)19/h3-10H,11H2,1-2H3,(H,20,24)(H,22,23)/b21-10-. The average Bonchev–Trinajstić information content (AvgIpc) is 2.66. The molecule has 2 amide bonds. The van der Waals surface area contributed by atoms with Crippen LogP contribution in [-0.2, 0) is 4.79 Å². The van der Waals surface area contributed by atoms with Crippen molar-refractivity contribution in [1.29, 1.82) is 0 Å². The van der Waals surface area contributed by atoms with E-state index in [0.29, 0.717) is 17.1 Å². The number of hydrogen-bond donors (Lipinski definition) is 2. The summed E-state index contributed by atoms with van der Waals surface area (Å²) in [7, 11) is 3.09. The summed E-state index contributed by atoms with van der Waals surface area (Å²) in [5, 5.41) is 6.42. The van der Waals surface area contributed by atoms with Crippen LogP contribution in [0.15, 0.2) is 47.6 Å². The number of nitrogens with one attached hydrogen (secondary N) is 2. The predicted molar refractivity (Wildman–Crippen MR) is 107 cm³/mol. The van der Waals surface area contributed by atoms with Crippen LogP contribution in [0.5, 0.6) is 11.5 Å². The molecule has 2 aromatic rings. The van der Waals surface area contributed by atoms with Gasteiger partial charge in [0.25, 0.3) is 11.8 Å². The maximum absolute atomic E-state index is 12.0. The molecular formula is C18H18IN3O4. The van der Waals surface area contributed by atoms with Crippen LogP contribution in [0.3, 0.4) is 0 Å². The molecule has 0 heterocycles. The Labute approximate surface area is 164 Å². The fraction of sp³-hybridized carbons (Fsp3) is 0.167. The zero-order chi connectivity index (χ0) is 18.9. The zero-order valence-corrected chi connectivity index (χ0v) is 16.4. The summed E-state index contributed by atoms with van der Waals surface area (Å²) in [6.45, 7) is -0.174. The Morgan fingerprint density at radius 2 is 1.85 bits per heavy atom. The Morgan fingerprint density at radius 1 is 1.12 bits per heavy atom. The number of ether oxygens (including phenoxy) is 2. The van der Waals surface area contributed by atoms with Gasteiger partial charge in [-0.2, -0.15) is 5.10 Å². The molecule has 0 aliphatic rings. The molecule has 0 aliphatic carbocycles. The third-order valence-electron chi connectivity index (χ3n) is 3.34. The third-order valence-corrected chi connectivity index (χ3v) is 4.28. The molecule has 0 saturated carbocycles. The first-order valence-electron chi connectivity index (χ1n) is 7.61. The SMILES string of the molecule is COc1ccc(/C=N\NC(=O)CNC(=O)c2ccccc2I)cc1OC. The van der Waals surface area contributed by atoms with Gasteiger partial charge in [-0.1, -0.05) is 12.1 Å². The van der Waals surface area contributed by atoms with Gasteiger partial charge in [-0.3, -0.25) is 9.59 Å². The average molecular weight is 467 g/mol. The first-order valence-corrected chi connectivity index (χ1v) is 8.69. The Morgan fingerprint density at radius 3 is 2.54 bits per heavy atom. The van der Waals surface area contributed by atoms with Gasteiger partial charge in [0, 0.05) is 3.57 Å². The van der Waals surface area contributed by atoms with Crippen LogP contribution in [0.25, 0.3) is 0 Å². The van der Waals surface area contributed by atoms with Crippen molar-refractivity contribution in [2.45, 2.75) is 0 Å². The number of carbonyl (C=O) groups is 2. The highest BCUT2D eigenvalue weighted by molar-refractivity contribution is 14.1. The van der Waals surface area contributed by atoms with Gasteiger partial charge in [0.15, 0.2) is 11.5 Å². The summed E-state index contributed by atoms with van der Waals surface area (Å²) in [6, 6.07) is 12.4. The molecule has 0 spiro atoms. The van der Waals surface area contributed by atoms with Crippen LogP contribution in [0, 0.1) is 3.57 Å². The van der Waals surface area contributed by atoms with Crippen molar-refractivity contribution in [3.05, 3.63) is 57.2 Å². The van der Waals surface area contributed by atoms with Gasteiger partial charge in [-0.15, -0.1) is 0 Å². The number of halogens is 1. The van der Waals surface area contributed by atoms with Gasteiger partial charge >= 0.3 is 0 Å². The summed E-state index contributed by atoms with van der Waals surface area (Å²) in [6.07, 6.45) is 1.47. The van der Waals surface area contributed by atoms with Crippen molar-refractivity contribution < 1.29 is 19.1 Å². The highest BCUT2D eigenvalue weighted by Crippen LogP contribution is 2.26. The quantitative estimate of drug-likeness (QED) is 0.371. The fourth-order valence-corrected chi connectivity index (χ4v) is 2.68. The maximum Gasteiger partial charge on any atom is 0.259 e. The van der Waals surface area contributed by atoms with Gasteiger partial charge in [0.2, 0.25) is 0 Å². The molecule has 0 aromatic heterocycles.